The number of aromatic nitrogens is 4. The fourth-order valence-corrected chi connectivity index (χ4v) is 4.52. The lowest BCUT2D eigenvalue weighted by Gasteiger charge is -2.40. The maximum absolute atomic E-state index is 15.5. The number of anilines is 1. The van der Waals surface area contributed by atoms with Crippen molar-refractivity contribution in [3.8, 4) is 16.9 Å². The molecule has 226 valence electrons. The third kappa shape index (κ3) is 7.12. The Morgan fingerprint density at radius 3 is 2.31 bits per heavy atom. The van der Waals surface area contributed by atoms with E-state index in [0.29, 0.717) is 18.9 Å². The molecule has 0 radical (unpaired) electrons. The van der Waals surface area contributed by atoms with E-state index in [9.17, 15) is 9.18 Å². The summed E-state index contributed by atoms with van der Waals surface area (Å²) in [4.78, 5) is 20.8. The predicted octanol–water partition coefficient (Wildman–Crippen LogP) is 5.97. The van der Waals surface area contributed by atoms with Gasteiger partial charge >= 0.3 is 0 Å². The molecule has 0 unspecified atom stereocenters. The van der Waals surface area contributed by atoms with Crippen LogP contribution in [0.15, 0.2) is 55.4 Å². The SMILES string of the molecule is Cl.Cl.Cl.NCC1(COc2ccncc2NC(=O)c2ccc(F)c(-c3c(F)cc(Cn4cncn4)cc3F)c2F)CCC1. The van der Waals surface area contributed by atoms with Crippen LogP contribution in [-0.2, 0) is 6.54 Å². The number of amides is 1. The molecule has 1 aliphatic rings. The summed E-state index contributed by atoms with van der Waals surface area (Å²) in [5.41, 5.74) is 3.51. The Hall–Kier alpha value is -3.45. The molecule has 2 aromatic heterocycles. The van der Waals surface area contributed by atoms with Gasteiger partial charge in [0.05, 0.1) is 36.0 Å². The van der Waals surface area contributed by atoms with E-state index >= 15 is 13.2 Å². The molecule has 0 aliphatic heterocycles. The number of rotatable bonds is 9. The normalized spacial score (nSPS) is 13.1. The molecule has 1 aliphatic carbocycles. The van der Waals surface area contributed by atoms with Crippen LogP contribution in [0.5, 0.6) is 5.75 Å². The maximum atomic E-state index is 15.5. The molecule has 3 N–H and O–H groups in total. The average molecular weight is 650 g/mol. The summed E-state index contributed by atoms with van der Waals surface area (Å²) >= 11 is 0. The van der Waals surface area contributed by atoms with Gasteiger partial charge in [-0.05, 0) is 42.7 Å². The Balaban J connectivity index is 0.00000205. The number of carbonyl (C=O) groups excluding carboxylic acids is 1. The molecule has 0 bridgehead atoms. The zero-order chi connectivity index (χ0) is 27.6. The monoisotopic (exact) mass is 648 g/mol. The van der Waals surface area contributed by atoms with E-state index in [2.05, 4.69) is 20.4 Å². The van der Waals surface area contributed by atoms with Crippen molar-refractivity contribution in [2.24, 2.45) is 11.1 Å². The van der Waals surface area contributed by atoms with E-state index in [0.717, 1.165) is 43.5 Å². The highest BCUT2D eigenvalue weighted by Crippen LogP contribution is 2.41. The number of hydrogen-bond acceptors (Lipinski definition) is 6. The van der Waals surface area contributed by atoms with Crippen LogP contribution in [0.3, 0.4) is 0 Å². The molecular formula is C27H27Cl3F4N6O2. The summed E-state index contributed by atoms with van der Waals surface area (Å²) in [5.74, 6) is -5.74. The molecule has 0 spiro atoms. The van der Waals surface area contributed by atoms with E-state index in [1.54, 1.807) is 0 Å². The Bertz CT molecular complexity index is 1500. The van der Waals surface area contributed by atoms with Crippen molar-refractivity contribution in [3.05, 3.63) is 89.8 Å². The lowest BCUT2D eigenvalue weighted by atomic mass is 9.69. The van der Waals surface area contributed by atoms with E-state index in [4.69, 9.17) is 10.5 Å². The highest BCUT2D eigenvalue weighted by molar-refractivity contribution is 6.06. The van der Waals surface area contributed by atoms with Gasteiger partial charge in [0.25, 0.3) is 5.91 Å². The van der Waals surface area contributed by atoms with Gasteiger partial charge in [0, 0.05) is 24.2 Å². The van der Waals surface area contributed by atoms with E-state index in [1.165, 1.54) is 35.8 Å². The van der Waals surface area contributed by atoms with Gasteiger partial charge in [-0.3, -0.25) is 9.78 Å². The standard InChI is InChI=1S/C27H24F4N6O2.3ClH/c28-18-3-2-17(26(38)36-21-10-33-7-4-22(21)39-13-27(12-32)5-1-6-27)25(31)24(18)23-19(29)8-16(9-20(23)30)11-37-15-34-14-35-37;;;/h2-4,7-10,14-15H,1,5-6,11-13,32H2,(H,36,38);3*1H. The summed E-state index contributed by atoms with van der Waals surface area (Å²) in [7, 11) is 0. The largest absolute Gasteiger partial charge is 0.491 e. The predicted molar refractivity (Wildman–Crippen MR) is 156 cm³/mol. The van der Waals surface area contributed by atoms with Gasteiger partial charge in [0.1, 0.15) is 47.4 Å². The van der Waals surface area contributed by atoms with E-state index < -0.39 is 45.9 Å². The molecule has 2 aromatic carbocycles. The van der Waals surface area contributed by atoms with Crippen molar-refractivity contribution < 1.29 is 27.1 Å². The minimum Gasteiger partial charge on any atom is -0.491 e. The molecule has 8 nitrogen and oxygen atoms in total. The van der Waals surface area contributed by atoms with Gasteiger partial charge in [-0.1, -0.05) is 6.42 Å². The van der Waals surface area contributed by atoms with Gasteiger partial charge in [0.2, 0.25) is 0 Å². The zero-order valence-electron chi connectivity index (χ0n) is 21.9. The molecule has 1 fully saturated rings. The van der Waals surface area contributed by atoms with Gasteiger partial charge in [0.15, 0.2) is 0 Å². The number of benzene rings is 2. The average Bonchev–Trinajstić information content (AvgIpc) is 3.39. The van der Waals surface area contributed by atoms with Gasteiger partial charge in [-0.25, -0.2) is 27.2 Å². The number of pyridine rings is 1. The number of ether oxygens (including phenoxy) is 1. The van der Waals surface area contributed by atoms with Crippen LogP contribution in [0, 0.1) is 28.7 Å². The second kappa shape index (κ2) is 14.6. The number of halogens is 7. The van der Waals surface area contributed by atoms with Crippen LogP contribution in [0.2, 0.25) is 0 Å². The summed E-state index contributed by atoms with van der Waals surface area (Å²) in [6, 6.07) is 5.10. The number of nitrogens with one attached hydrogen (secondary N) is 1. The Morgan fingerprint density at radius 1 is 1.00 bits per heavy atom. The lowest BCUT2D eigenvalue weighted by molar-refractivity contribution is 0.0670. The Morgan fingerprint density at radius 2 is 1.71 bits per heavy atom. The van der Waals surface area contributed by atoms with Gasteiger partial charge in [-0.15, -0.1) is 37.2 Å². The van der Waals surface area contributed by atoms with Crippen LogP contribution in [0.25, 0.3) is 11.1 Å². The molecule has 42 heavy (non-hydrogen) atoms. The summed E-state index contributed by atoms with van der Waals surface area (Å²) in [5, 5.41) is 6.36. The molecule has 5 rings (SSSR count). The van der Waals surface area contributed by atoms with Crippen LogP contribution < -0.4 is 15.8 Å². The highest BCUT2D eigenvalue weighted by atomic mass is 35.5. The van der Waals surface area contributed by atoms with E-state index in [-0.39, 0.29) is 60.4 Å². The molecule has 0 atom stereocenters. The first-order valence-corrected chi connectivity index (χ1v) is 12.2. The topological polar surface area (TPSA) is 108 Å². The molecule has 1 amide bonds. The third-order valence-electron chi connectivity index (χ3n) is 6.91. The first-order chi connectivity index (χ1) is 18.8. The van der Waals surface area contributed by atoms with Crippen LogP contribution >= 0.6 is 37.2 Å². The van der Waals surface area contributed by atoms with Crippen molar-refractivity contribution in [2.45, 2.75) is 25.8 Å². The number of nitrogens with zero attached hydrogens (tertiary/aromatic N) is 4. The molecule has 4 aromatic rings. The Kier molecular flexibility index (Phi) is 12.1. The number of carbonyl (C=O) groups is 1. The highest BCUT2D eigenvalue weighted by Gasteiger charge is 2.36. The lowest BCUT2D eigenvalue weighted by Crippen LogP contribution is -2.42. The molecule has 0 saturated heterocycles. The molecular weight excluding hydrogens is 623 g/mol. The van der Waals surface area contributed by atoms with Crippen LogP contribution in [-0.4, -0.2) is 38.8 Å². The van der Waals surface area contributed by atoms with Crippen LogP contribution in [0.1, 0.15) is 35.2 Å². The van der Waals surface area contributed by atoms with Crippen molar-refractivity contribution in [2.75, 3.05) is 18.5 Å². The molecule has 1 saturated carbocycles. The smallest absolute Gasteiger partial charge is 0.258 e. The van der Waals surface area contributed by atoms with Crippen molar-refractivity contribution in [3.63, 3.8) is 0 Å². The van der Waals surface area contributed by atoms with Gasteiger partial charge < -0.3 is 15.8 Å². The summed E-state index contributed by atoms with van der Waals surface area (Å²) in [6.07, 6.45) is 8.30. The molecule has 2 heterocycles. The maximum Gasteiger partial charge on any atom is 0.258 e. The fraction of sp³-hybridized carbons (Fsp3) is 0.259. The quantitative estimate of drug-likeness (QED) is 0.217. The number of hydrogen-bond donors (Lipinski definition) is 2. The van der Waals surface area contributed by atoms with E-state index in [1.807, 2.05) is 0 Å². The summed E-state index contributed by atoms with van der Waals surface area (Å²) in [6.45, 7) is 0.776. The van der Waals surface area contributed by atoms with Crippen molar-refractivity contribution in [1.29, 1.82) is 0 Å². The second-order valence-corrected chi connectivity index (χ2v) is 9.48. The van der Waals surface area contributed by atoms with Crippen LogP contribution in [0.4, 0.5) is 23.2 Å². The van der Waals surface area contributed by atoms with Gasteiger partial charge in [-0.2, -0.15) is 5.10 Å². The first kappa shape index (κ1) is 34.7. The summed E-state index contributed by atoms with van der Waals surface area (Å²) < 4.78 is 67.5. The minimum atomic E-state index is -1.42. The van der Waals surface area contributed by atoms with Crippen molar-refractivity contribution in [1.82, 2.24) is 19.7 Å². The van der Waals surface area contributed by atoms with Crippen molar-refractivity contribution >= 4 is 48.8 Å². The minimum absolute atomic E-state index is 0. The second-order valence-electron chi connectivity index (χ2n) is 9.48. The molecule has 15 heteroatoms. The fourth-order valence-electron chi connectivity index (χ4n) is 4.52. The first-order valence-electron chi connectivity index (χ1n) is 12.2. The number of nitrogens with two attached hydrogens (primary N) is 1. The third-order valence-corrected chi connectivity index (χ3v) is 6.91. The zero-order valence-corrected chi connectivity index (χ0v) is 24.3. The Labute approximate surface area is 257 Å².